The Balaban J connectivity index is 2.24. The van der Waals surface area contributed by atoms with Crippen molar-refractivity contribution in [3.63, 3.8) is 0 Å². The first-order chi connectivity index (χ1) is 7.90. The fourth-order valence-electron chi connectivity index (χ4n) is 1.77. The molecular formula is C16H16. The fourth-order valence-corrected chi connectivity index (χ4v) is 1.77. The molecule has 0 aromatic heterocycles. The van der Waals surface area contributed by atoms with Crippen LogP contribution in [0.3, 0.4) is 0 Å². The van der Waals surface area contributed by atoms with Gasteiger partial charge >= 0.3 is 0 Å². The third kappa shape index (κ3) is 2.60. The van der Waals surface area contributed by atoms with Gasteiger partial charge in [0.25, 0.3) is 0 Å². The molecule has 0 saturated carbocycles. The Bertz CT molecular complexity index is 466. The summed E-state index contributed by atoms with van der Waals surface area (Å²) in [6.07, 6.45) is 5.43. The highest BCUT2D eigenvalue weighted by molar-refractivity contribution is 5.71. The second-order valence-corrected chi connectivity index (χ2v) is 3.80. The molecule has 0 nitrogen and oxygen atoms in total. The summed E-state index contributed by atoms with van der Waals surface area (Å²) in [7, 11) is 0. The number of benzene rings is 2. The van der Waals surface area contributed by atoms with E-state index < -0.39 is 0 Å². The maximum Gasteiger partial charge on any atom is -0.0224 e. The molecule has 2 aromatic rings. The first-order valence-corrected chi connectivity index (χ1v) is 5.71. The van der Waals surface area contributed by atoms with Crippen molar-refractivity contribution in [2.45, 2.75) is 13.3 Å². The molecule has 0 heterocycles. The summed E-state index contributed by atoms with van der Waals surface area (Å²) >= 11 is 0. The normalized spacial score (nSPS) is 10.8. The first kappa shape index (κ1) is 10.7. The maximum absolute atomic E-state index is 2.19. The van der Waals surface area contributed by atoms with Gasteiger partial charge in [0.1, 0.15) is 0 Å². The molecule has 0 spiro atoms. The molecule has 0 amide bonds. The van der Waals surface area contributed by atoms with Crippen LogP contribution in [0.2, 0.25) is 0 Å². The SMILES string of the molecule is CCc1ccccc1/C=C/c1ccccc1. The molecule has 0 radical (unpaired) electrons. The van der Waals surface area contributed by atoms with Crippen LogP contribution in [0.4, 0.5) is 0 Å². The summed E-state index contributed by atoms with van der Waals surface area (Å²) in [5.74, 6) is 0. The second-order valence-electron chi connectivity index (χ2n) is 3.80. The lowest BCUT2D eigenvalue weighted by molar-refractivity contribution is 1.13. The summed E-state index contributed by atoms with van der Waals surface area (Å²) in [5.41, 5.74) is 3.96. The van der Waals surface area contributed by atoms with E-state index in [4.69, 9.17) is 0 Å². The predicted octanol–water partition coefficient (Wildman–Crippen LogP) is 4.42. The standard InChI is InChI=1S/C16H16/c1-2-15-10-6-7-11-16(15)13-12-14-8-4-3-5-9-14/h3-13H,2H2,1H3/b13-12+. The van der Waals surface area contributed by atoms with Gasteiger partial charge in [-0.25, -0.2) is 0 Å². The van der Waals surface area contributed by atoms with E-state index in [-0.39, 0.29) is 0 Å². The number of aryl methyl sites for hydroxylation is 1. The van der Waals surface area contributed by atoms with E-state index in [1.807, 2.05) is 6.07 Å². The lowest BCUT2D eigenvalue weighted by Crippen LogP contribution is -1.84. The molecule has 0 unspecified atom stereocenters. The minimum atomic E-state index is 1.08. The van der Waals surface area contributed by atoms with Crippen molar-refractivity contribution < 1.29 is 0 Å². The van der Waals surface area contributed by atoms with Crippen LogP contribution in [-0.4, -0.2) is 0 Å². The van der Waals surface area contributed by atoms with Crippen molar-refractivity contribution in [1.29, 1.82) is 0 Å². The van der Waals surface area contributed by atoms with Crippen LogP contribution in [0.15, 0.2) is 54.6 Å². The van der Waals surface area contributed by atoms with Gasteiger partial charge in [0.15, 0.2) is 0 Å². The fraction of sp³-hybridized carbons (Fsp3) is 0.125. The zero-order valence-electron chi connectivity index (χ0n) is 9.56. The lowest BCUT2D eigenvalue weighted by atomic mass is 10.0. The van der Waals surface area contributed by atoms with E-state index >= 15 is 0 Å². The first-order valence-electron chi connectivity index (χ1n) is 5.71. The van der Waals surface area contributed by atoms with Crippen molar-refractivity contribution in [3.05, 3.63) is 71.3 Å². The summed E-state index contributed by atoms with van der Waals surface area (Å²) < 4.78 is 0. The highest BCUT2D eigenvalue weighted by atomic mass is 14.0. The van der Waals surface area contributed by atoms with Crippen LogP contribution >= 0.6 is 0 Å². The van der Waals surface area contributed by atoms with E-state index in [1.165, 1.54) is 16.7 Å². The van der Waals surface area contributed by atoms with Crippen molar-refractivity contribution in [2.75, 3.05) is 0 Å². The van der Waals surface area contributed by atoms with Crippen LogP contribution in [0, 0.1) is 0 Å². The molecule has 0 heteroatoms. The Kier molecular flexibility index (Phi) is 3.55. The summed E-state index contributed by atoms with van der Waals surface area (Å²) in [5, 5.41) is 0. The maximum atomic E-state index is 2.19. The molecule has 0 bridgehead atoms. The van der Waals surface area contributed by atoms with Crippen LogP contribution in [0.5, 0.6) is 0 Å². The average Bonchev–Trinajstić information content (AvgIpc) is 2.38. The summed E-state index contributed by atoms with van der Waals surface area (Å²) in [6, 6.07) is 18.9. The van der Waals surface area contributed by atoms with Gasteiger partial charge in [-0.15, -0.1) is 0 Å². The van der Waals surface area contributed by atoms with Gasteiger partial charge in [0.2, 0.25) is 0 Å². The molecule has 0 aliphatic carbocycles. The van der Waals surface area contributed by atoms with Crippen molar-refractivity contribution in [3.8, 4) is 0 Å². The molecule has 2 aromatic carbocycles. The van der Waals surface area contributed by atoms with E-state index in [9.17, 15) is 0 Å². The van der Waals surface area contributed by atoms with E-state index in [2.05, 4.69) is 67.6 Å². The van der Waals surface area contributed by atoms with Crippen molar-refractivity contribution in [1.82, 2.24) is 0 Å². The number of hydrogen-bond donors (Lipinski definition) is 0. The molecular weight excluding hydrogens is 192 g/mol. The molecule has 0 aliphatic heterocycles. The quantitative estimate of drug-likeness (QED) is 0.655. The summed E-state index contributed by atoms with van der Waals surface area (Å²) in [6.45, 7) is 2.19. The molecule has 80 valence electrons. The zero-order chi connectivity index (χ0) is 11.2. The molecule has 0 aliphatic rings. The summed E-state index contributed by atoms with van der Waals surface area (Å²) in [4.78, 5) is 0. The van der Waals surface area contributed by atoms with Crippen LogP contribution in [-0.2, 0) is 6.42 Å². The van der Waals surface area contributed by atoms with Crippen molar-refractivity contribution >= 4 is 12.2 Å². The van der Waals surface area contributed by atoms with Crippen molar-refractivity contribution in [2.24, 2.45) is 0 Å². The minimum absolute atomic E-state index is 1.08. The van der Waals surface area contributed by atoms with E-state index in [0.29, 0.717) is 0 Å². The number of hydrogen-bond acceptors (Lipinski definition) is 0. The lowest BCUT2D eigenvalue weighted by Gasteiger charge is -2.01. The van der Waals surface area contributed by atoms with Gasteiger partial charge in [-0.1, -0.05) is 73.7 Å². The van der Waals surface area contributed by atoms with E-state index in [0.717, 1.165) is 6.42 Å². The molecule has 0 saturated heterocycles. The molecule has 0 fully saturated rings. The topological polar surface area (TPSA) is 0 Å². The zero-order valence-corrected chi connectivity index (χ0v) is 9.56. The molecule has 0 atom stereocenters. The smallest absolute Gasteiger partial charge is 0.0224 e. The van der Waals surface area contributed by atoms with Gasteiger partial charge < -0.3 is 0 Å². The second kappa shape index (κ2) is 5.32. The van der Waals surface area contributed by atoms with Crippen LogP contribution in [0.25, 0.3) is 12.2 Å². The molecule has 0 N–H and O–H groups in total. The Morgan fingerprint density at radius 3 is 2.25 bits per heavy atom. The monoisotopic (exact) mass is 208 g/mol. The largest absolute Gasteiger partial charge is 0.0622 e. The van der Waals surface area contributed by atoms with Crippen LogP contribution < -0.4 is 0 Å². The Morgan fingerprint density at radius 1 is 0.812 bits per heavy atom. The van der Waals surface area contributed by atoms with Crippen LogP contribution in [0.1, 0.15) is 23.6 Å². The van der Waals surface area contributed by atoms with Gasteiger partial charge in [0.05, 0.1) is 0 Å². The Hall–Kier alpha value is -1.82. The minimum Gasteiger partial charge on any atom is -0.0622 e. The highest BCUT2D eigenvalue weighted by Crippen LogP contribution is 2.13. The predicted molar refractivity (Wildman–Crippen MR) is 71.2 cm³/mol. The molecule has 2 rings (SSSR count). The van der Waals surface area contributed by atoms with E-state index in [1.54, 1.807) is 0 Å². The Labute approximate surface area is 97.3 Å². The average molecular weight is 208 g/mol. The Morgan fingerprint density at radius 2 is 1.50 bits per heavy atom. The van der Waals surface area contributed by atoms with Gasteiger partial charge in [-0.2, -0.15) is 0 Å². The van der Waals surface area contributed by atoms with Gasteiger partial charge in [-0.05, 0) is 23.1 Å². The highest BCUT2D eigenvalue weighted by Gasteiger charge is 1.94. The van der Waals surface area contributed by atoms with Gasteiger partial charge in [0, 0.05) is 0 Å². The third-order valence-corrected chi connectivity index (χ3v) is 2.69. The van der Waals surface area contributed by atoms with Gasteiger partial charge in [-0.3, -0.25) is 0 Å². The third-order valence-electron chi connectivity index (χ3n) is 2.69. The molecule has 16 heavy (non-hydrogen) atoms. The number of rotatable bonds is 3.